The van der Waals surface area contributed by atoms with Crippen molar-refractivity contribution in [2.24, 2.45) is 10.7 Å². The van der Waals surface area contributed by atoms with E-state index in [1.807, 2.05) is 30.3 Å². The largest absolute Gasteiger partial charge is 0.354 e. The topological polar surface area (TPSA) is 53.6 Å². The average Bonchev–Trinajstić information content (AvgIpc) is 2.87. The maximum absolute atomic E-state index is 6.14. The molecule has 5 heteroatoms. The van der Waals surface area contributed by atoms with E-state index in [0.29, 0.717) is 5.02 Å². The van der Waals surface area contributed by atoms with Crippen LogP contribution >= 0.6 is 11.6 Å². The number of nitrogens with one attached hydrogen (secondary N) is 1. The number of amidine groups is 1. The van der Waals surface area contributed by atoms with E-state index < -0.39 is 0 Å². The molecule has 4 rings (SSSR count). The van der Waals surface area contributed by atoms with E-state index in [-0.39, 0.29) is 6.04 Å². The molecule has 112 valence electrons. The van der Waals surface area contributed by atoms with Crippen LogP contribution in [-0.4, -0.2) is 29.9 Å². The van der Waals surface area contributed by atoms with Gasteiger partial charge in [-0.05, 0) is 36.8 Å². The molecule has 2 aliphatic heterocycles. The van der Waals surface area contributed by atoms with Crippen LogP contribution < -0.4 is 11.1 Å². The highest BCUT2D eigenvalue weighted by molar-refractivity contribution is 6.31. The number of rotatable bonds is 0. The molecular formula is C17H17ClN4. The summed E-state index contributed by atoms with van der Waals surface area (Å²) in [5.41, 5.74) is 10.1. The minimum atomic E-state index is 0.213. The lowest BCUT2D eigenvalue weighted by atomic mass is 10.1. The summed E-state index contributed by atoms with van der Waals surface area (Å²) in [4.78, 5) is 7.16. The number of benzene rings is 2. The molecule has 0 radical (unpaired) electrons. The standard InChI is InChI=1S/C17H17ClN4/c18-11-5-6-15-16(9-11)21-17(22-8-7-12(19)10-22)13-3-1-2-4-14(13)20-15/h1-6,9,12,20H,7-8,10,19H2. The summed E-state index contributed by atoms with van der Waals surface area (Å²) in [5, 5.41) is 4.15. The number of hydrogen-bond donors (Lipinski definition) is 2. The number of nitrogens with zero attached hydrogens (tertiary/aromatic N) is 2. The summed E-state index contributed by atoms with van der Waals surface area (Å²) in [6.07, 6.45) is 0.997. The van der Waals surface area contributed by atoms with Crippen molar-refractivity contribution in [2.45, 2.75) is 12.5 Å². The Bertz CT molecular complexity index is 756. The fourth-order valence-corrected chi connectivity index (χ4v) is 3.20. The maximum Gasteiger partial charge on any atom is 0.138 e. The molecular weight excluding hydrogens is 296 g/mol. The van der Waals surface area contributed by atoms with Crippen LogP contribution in [0.1, 0.15) is 12.0 Å². The third-order valence-electron chi connectivity index (χ3n) is 4.15. The molecule has 0 aliphatic carbocycles. The van der Waals surface area contributed by atoms with Crippen molar-refractivity contribution in [1.29, 1.82) is 0 Å². The van der Waals surface area contributed by atoms with Crippen molar-refractivity contribution >= 4 is 34.5 Å². The molecule has 1 unspecified atom stereocenters. The Kier molecular flexibility index (Phi) is 3.28. The SMILES string of the molecule is NC1CCN(C2=Nc3cc(Cl)ccc3Nc3ccccc32)C1. The zero-order chi connectivity index (χ0) is 15.1. The molecule has 0 bridgehead atoms. The van der Waals surface area contributed by atoms with Gasteiger partial charge < -0.3 is 16.0 Å². The first kappa shape index (κ1) is 13.6. The average molecular weight is 313 g/mol. The van der Waals surface area contributed by atoms with Crippen molar-refractivity contribution in [1.82, 2.24) is 4.90 Å². The van der Waals surface area contributed by atoms with Crippen LogP contribution in [0.15, 0.2) is 47.5 Å². The molecule has 22 heavy (non-hydrogen) atoms. The molecule has 4 nitrogen and oxygen atoms in total. The monoisotopic (exact) mass is 312 g/mol. The lowest BCUT2D eigenvalue weighted by molar-refractivity contribution is 0.511. The van der Waals surface area contributed by atoms with E-state index in [1.54, 1.807) is 0 Å². The lowest BCUT2D eigenvalue weighted by Crippen LogP contribution is -2.32. The van der Waals surface area contributed by atoms with Gasteiger partial charge in [0, 0.05) is 35.4 Å². The summed E-state index contributed by atoms with van der Waals surface area (Å²) >= 11 is 6.14. The van der Waals surface area contributed by atoms with Gasteiger partial charge in [-0.2, -0.15) is 0 Å². The second kappa shape index (κ2) is 5.30. The van der Waals surface area contributed by atoms with Gasteiger partial charge >= 0.3 is 0 Å². The van der Waals surface area contributed by atoms with Gasteiger partial charge in [-0.3, -0.25) is 0 Å². The van der Waals surface area contributed by atoms with Crippen LogP contribution in [0.5, 0.6) is 0 Å². The Hall–Kier alpha value is -2.04. The van der Waals surface area contributed by atoms with Crippen LogP contribution in [0.4, 0.5) is 17.1 Å². The predicted molar refractivity (Wildman–Crippen MR) is 91.5 cm³/mol. The molecule has 0 saturated carbocycles. The highest BCUT2D eigenvalue weighted by atomic mass is 35.5. The summed E-state index contributed by atoms with van der Waals surface area (Å²) in [6.45, 7) is 1.77. The molecule has 2 aliphatic rings. The smallest absolute Gasteiger partial charge is 0.138 e. The van der Waals surface area contributed by atoms with Gasteiger partial charge in [0.05, 0.1) is 11.4 Å². The summed E-state index contributed by atoms with van der Waals surface area (Å²) in [5.74, 6) is 0.970. The van der Waals surface area contributed by atoms with Gasteiger partial charge in [0.25, 0.3) is 0 Å². The van der Waals surface area contributed by atoms with E-state index in [2.05, 4.69) is 22.3 Å². The fourth-order valence-electron chi connectivity index (χ4n) is 3.03. The first-order chi connectivity index (χ1) is 10.7. The normalized spacial score (nSPS) is 19.8. The first-order valence-electron chi connectivity index (χ1n) is 7.46. The van der Waals surface area contributed by atoms with Crippen LogP contribution in [-0.2, 0) is 0 Å². The van der Waals surface area contributed by atoms with Crippen molar-refractivity contribution in [2.75, 3.05) is 18.4 Å². The van der Waals surface area contributed by atoms with Gasteiger partial charge in [-0.1, -0.05) is 23.7 Å². The zero-order valence-corrected chi connectivity index (χ0v) is 12.8. The second-order valence-corrected chi connectivity index (χ2v) is 6.20. The number of halogens is 1. The lowest BCUT2D eigenvalue weighted by Gasteiger charge is -2.21. The quantitative estimate of drug-likeness (QED) is 0.782. The predicted octanol–water partition coefficient (Wildman–Crippen LogP) is 3.51. The molecule has 2 aromatic carbocycles. The van der Waals surface area contributed by atoms with Crippen LogP contribution in [0.25, 0.3) is 0 Å². The molecule has 1 atom stereocenters. The van der Waals surface area contributed by atoms with Crippen molar-refractivity contribution in [3.8, 4) is 0 Å². The maximum atomic E-state index is 6.14. The molecule has 0 amide bonds. The highest BCUT2D eigenvalue weighted by Crippen LogP contribution is 2.36. The van der Waals surface area contributed by atoms with Crippen molar-refractivity contribution in [3.63, 3.8) is 0 Å². The van der Waals surface area contributed by atoms with Crippen molar-refractivity contribution < 1.29 is 0 Å². The summed E-state index contributed by atoms with van der Waals surface area (Å²) < 4.78 is 0. The van der Waals surface area contributed by atoms with E-state index in [1.165, 1.54) is 0 Å². The molecule has 0 aromatic heterocycles. The minimum absolute atomic E-state index is 0.213. The Balaban J connectivity index is 1.88. The van der Waals surface area contributed by atoms with Crippen molar-refractivity contribution in [3.05, 3.63) is 53.1 Å². The van der Waals surface area contributed by atoms with E-state index in [9.17, 15) is 0 Å². The highest BCUT2D eigenvalue weighted by Gasteiger charge is 2.26. The summed E-state index contributed by atoms with van der Waals surface area (Å²) in [6, 6.07) is 14.2. The third-order valence-corrected chi connectivity index (χ3v) is 4.38. The third kappa shape index (κ3) is 2.34. The molecule has 0 spiro atoms. The second-order valence-electron chi connectivity index (χ2n) is 5.76. The Morgan fingerprint density at radius 1 is 1.18 bits per heavy atom. The number of fused-ring (bicyclic) bond motifs is 2. The summed E-state index contributed by atoms with van der Waals surface area (Å²) in [7, 11) is 0. The minimum Gasteiger partial charge on any atom is -0.354 e. The molecule has 1 saturated heterocycles. The van der Waals surface area contributed by atoms with E-state index in [4.69, 9.17) is 22.3 Å². The number of para-hydroxylation sites is 1. The van der Waals surface area contributed by atoms with Gasteiger partial charge in [0.2, 0.25) is 0 Å². The Labute approximate surface area is 134 Å². The fraction of sp³-hybridized carbons (Fsp3) is 0.235. The number of likely N-dealkylation sites (tertiary alicyclic amines) is 1. The molecule has 2 aromatic rings. The van der Waals surface area contributed by atoms with Crippen LogP contribution in [0.3, 0.4) is 0 Å². The number of anilines is 2. The van der Waals surface area contributed by atoms with Gasteiger partial charge in [-0.25, -0.2) is 4.99 Å². The first-order valence-corrected chi connectivity index (χ1v) is 7.84. The molecule has 1 fully saturated rings. The molecule has 2 heterocycles. The number of aliphatic imine (C=N–C) groups is 1. The number of hydrogen-bond acceptors (Lipinski definition) is 4. The Morgan fingerprint density at radius 2 is 2.05 bits per heavy atom. The van der Waals surface area contributed by atoms with Crippen LogP contribution in [0.2, 0.25) is 5.02 Å². The van der Waals surface area contributed by atoms with E-state index in [0.717, 1.165) is 48.0 Å². The van der Waals surface area contributed by atoms with Gasteiger partial charge in [-0.15, -0.1) is 0 Å². The van der Waals surface area contributed by atoms with Gasteiger partial charge in [0.15, 0.2) is 0 Å². The van der Waals surface area contributed by atoms with Crippen LogP contribution in [0, 0.1) is 0 Å². The number of nitrogens with two attached hydrogens (primary N) is 1. The Morgan fingerprint density at radius 3 is 2.86 bits per heavy atom. The van der Waals surface area contributed by atoms with E-state index >= 15 is 0 Å². The molecule has 3 N–H and O–H groups in total. The van der Waals surface area contributed by atoms with Gasteiger partial charge in [0.1, 0.15) is 5.84 Å². The zero-order valence-electron chi connectivity index (χ0n) is 12.1.